The molecule has 5 nitrogen and oxygen atoms in total. The quantitative estimate of drug-likeness (QED) is 0.929. The number of benzene rings is 1. The van der Waals surface area contributed by atoms with Gasteiger partial charge in [-0.1, -0.05) is 17.7 Å². The first kappa shape index (κ1) is 16.9. The van der Waals surface area contributed by atoms with E-state index in [2.05, 4.69) is 41.6 Å². The van der Waals surface area contributed by atoms with Crippen molar-refractivity contribution in [1.82, 2.24) is 20.0 Å². The average Bonchev–Trinajstić information content (AvgIpc) is 2.98. The molecule has 3 rings (SSSR count). The SMILES string of the molecule is Cc1ccc(-n2ncc([C@H](C)NC(=O)N3CCSCC3)c2C)cc1. The van der Waals surface area contributed by atoms with Gasteiger partial charge in [-0.15, -0.1) is 0 Å². The van der Waals surface area contributed by atoms with Crippen molar-refractivity contribution in [1.29, 1.82) is 0 Å². The van der Waals surface area contributed by atoms with Crippen LogP contribution in [0.4, 0.5) is 4.79 Å². The van der Waals surface area contributed by atoms with E-state index in [1.54, 1.807) is 0 Å². The van der Waals surface area contributed by atoms with E-state index in [1.165, 1.54) is 5.56 Å². The van der Waals surface area contributed by atoms with Crippen LogP contribution in [0.3, 0.4) is 0 Å². The highest BCUT2D eigenvalue weighted by Gasteiger charge is 2.21. The van der Waals surface area contributed by atoms with Gasteiger partial charge in [0.25, 0.3) is 0 Å². The molecule has 0 bridgehead atoms. The summed E-state index contributed by atoms with van der Waals surface area (Å²) in [6.45, 7) is 7.78. The molecule has 24 heavy (non-hydrogen) atoms. The predicted octanol–water partition coefficient (Wildman–Crippen LogP) is 3.31. The Bertz CT molecular complexity index is 704. The zero-order valence-electron chi connectivity index (χ0n) is 14.5. The van der Waals surface area contributed by atoms with E-state index in [4.69, 9.17) is 0 Å². The van der Waals surface area contributed by atoms with Gasteiger partial charge in [0.2, 0.25) is 0 Å². The maximum absolute atomic E-state index is 12.4. The molecular weight excluding hydrogens is 320 g/mol. The van der Waals surface area contributed by atoms with Gasteiger partial charge in [-0.05, 0) is 32.9 Å². The number of nitrogens with zero attached hydrogens (tertiary/aromatic N) is 3. The van der Waals surface area contributed by atoms with E-state index in [9.17, 15) is 4.79 Å². The van der Waals surface area contributed by atoms with Crippen molar-refractivity contribution in [3.8, 4) is 5.69 Å². The fraction of sp³-hybridized carbons (Fsp3) is 0.444. The van der Waals surface area contributed by atoms with E-state index >= 15 is 0 Å². The molecule has 0 radical (unpaired) electrons. The fourth-order valence-corrected chi connectivity index (χ4v) is 3.82. The topological polar surface area (TPSA) is 50.2 Å². The van der Waals surface area contributed by atoms with Gasteiger partial charge in [0.15, 0.2) is 0 Å². The van der Waals surface area contributed by atoms with Crippen molar-refractivity contribution in [3.63, 3.8) is 0 Å². The third-order valence-electron chi connectivity index (χ3n) is 4.43. The van der Waals surface area contributed by atoms with Gasteiger partial charge in [0.05, 0.1) is 17.9 Å². The number of thioether (sulfide) groups is 1. The molecule has 2 heterocycles. The monoisotopic (exact) mass is 344 g/mol. The molecule has 1 atom stereocenters. The van der Waals surface area contributed by atoms with E-state index in [0.717, 1.165) is 41.5 Å². The molecule has 1 aliphatic rings. The van der Waals surface area contributed by atoms with Crippen LogP contribution in [0.1, 0.15) is 29.8 Å². The zero-order chi connectivity index (χ0) is 17.1. The molecule has 1 aromatic heterocycles. The number of carbonyl (C=O) groups is 1. The minimum absolute atomic E-state index is 0.0188. The lowest BCUT2D eigenvalue weighted by Gasteiger charge is -2.28. The summed E-state index contributed by atoms with van der Waals surface area (Å²) >= 11 is 1.90. The van der Waals surface area contributed by atoms with Gasteiger partial charge in [0, 0.05) is 35.9 Å². The Balaban J connectivity index is 1.72. The molecule has 2 amide bonds. The molecule has 1 aliphatic heterocycles. The molecule has 0 spiro atoms. The van der Waals surface area contributed by atoms with Crippen molar-refractivity contribution in [2.24, 2.45) is 0 Å². The van der Waals surface area contributed by atoms with Gasteiger partial charge >= 0.3 is 6.03 Å². The summed E-state index contributed by atoms with van der Waals surface area (Å²) in [6, 6.07) is 8.24. The lowest BCUT2D eigenvalue weighted by molar-refractivity contribution is 0.199. The molecule has 0 aliphatic carbocycles. The number of aromatic nitrogens is 2. The van der Waals surface area contributed by atoms with Crippen LogP contribution in [0, 0.1) is 13.8 Å². The molecule has 6 heteroatoms. The minimum atomic E-state index is -0.0636. The lowest BCUT2D eigenvalue weighted by atomic mass is 10.1. The summed E-state index contributed by atoms with van der Waals surface area (Å²) in [4.78, 5) is 14.3. The second-order valence-electron chi connectivity index (χ2n) is 6.20. The number of amides is 2. The van der Waals surface area contributed by atoms with Crippen molar-refractivity contribution in [3.05, 3.63) is 47.3 Å². The summed E-state index contributed by atoms with van der Waals surface area (Å²) in [7, 11) is 0. The Morgan fingerprint density at radius 1 is 1.21 bits per heavy atom. The summed E-state index contributed by atoms with van der Waals surface area (Å²) in [5, 5.41) is 7.61. The van der Waals surface area contributed by atoms with Gasteiger partial charge in [0.1, 0.15) is 0 Å². The summed E-state index contributed by atoms with van der Waals surface area (Å²) in [6.07, 6.45) is 1.85. The normalized spacial score (nSPS) is 16.0. The number of hydrogen-bond donors (Lipinski definition) is 1. The van der Waals surface area contributed by atoms with Gasteiger partial charge in [-0.2, -0.15) is 16.9 Å². The molecule has 0 saturated carbocycles. The Kier molecular flexibility index (Phi) is 5.14. The van der Waals surface area contributed by atoms with Crippen molar-refractivity contribution in [2.75, 3.05) is 24.6 Å². The van der Waals surface area contributed by atoms with Crippen LogP contribution in [0.2, 0.25) is 0 Å². The third-order valence-corrected chi connectivity index (χ3v) is 5.37. The van der Waals surface area contributed by atoms with Gasteiger partial charge < -0.3 is 10.2 Å². The number of hydrogen-bond acceptors (Lipinski definition) is 3. The fourth-order valence-electron chi connectivity index (χ4n) is 2.91. The molecule has 1 aromatic carbocycles. The molecular formula is C18H24N4OS. The Morgan fingerprint density at radius 3 is 2.54 bits per heavy atom. The highest BCUT2D eigenvalue weighted by atomic mass is 32.2. The number of rotatable bonds is 3. The molecule has 0 unspecified atom stereocenters. The first-order valence-corrected chi connectivity index (χ1v) is 9.46. The van der Waals surface area contributed by atoms with Crippen molar-refractivity contribution in [2.45, 2.75) is 26.8 Å². The first-order valence-electron chi connectivity index (χ1n) is 8.31. The highest BCUT2D eigenvalue weighted by Crippen LogP contribution is 2.21. The minimum Gasteiger partial charge on any atom is -0.331 e. The summed E-state index contributed by atoms with van der Waals surface area (Å²) in [5.41, 5.74) is 4.37. The average molecular weight is 344 g/mol. The van der Waals surface area contributed by atoms with Crippen LogP contribution in [-0.2, 0) is 0 Å². The second kappa shape index (κ2) is 7.30. The number of carbonyl (C=O) groups excluding carboxylic acids is 1. The lowest BCUT2D eigenvalue weighted by Crippen LogP contribution is -2.45. The number of urea groups is 1. The van der Waals surface area contributed by atoms with Crippen molar-refractivity contribution < 1.29 is 4.79 Å². The standard InChI is InChI=1S/C18H24N4OS/c1-13-4-6-16(7-5-13)22-15(3)17(12-19-22)14(2)20-18(23)21-8-10-24-11-9-21/h4-7,12,14H,8-11H2,1-3H3,(H,20,23)/t14-/m0/s1. The third kappa shape index (κ3) is 3.59. The second-order valence-corrected chi connectivity index (χ2v) is 7.43. The largest absolute Gasteiger partial charge is 0.331 e. The molecule has 1 N–H and O–H groups in total. The Morgan fingerprint density at radius 2 is 1.88 bits per heavy atom. The summed E-state index contributed by atoms with van der Waals surface area (Å²) in [5.74, 6) is 2.04. The van der Waals surface area contributed by atoms with Crippen LogP contribution >= 0.6 is 11.8 Å². The van der Waals surface area contributed by atoms with Crippen LogP contribution < -0.4 is 5.32 Å². The summed E-state index contributed by atoms with van der Waals surface area (Å²) < 4.78 is 1.93. The van der Waals surface area contributed by atoms with Crippen molar-refractivity contribution >= 4 is 17.8 Å². The first-order chi connectivity index (χ1) is 11.6. The van der Waals surface area contributed by atoms with Crippen LogP contribution in [0.5, 0.6) is 0 Å². The van der Waals surface area contributed by atoms with Gasteiger partial charge in [-0.3, -0.25) is 0 Å². The smallest absolute Gasteiger partial charge is 0.317 e. The number of nitrogens with one attached hydrogen (secondary N) is 1. The molecule has 1 fully saturated rings. The molecule has 128 valence electrons. The van der Waals surface area contributed by atoms with E-state index in [0.29, 0.717) is 0 Å². The maximum Gasteiger partial charge on any atom is 0.317 e. The van der Waals surface area contributed by atoms with E-state index in [-0.39, 0.29) is 12.1 Å². The van der Waals surface area contributed by atoms with Crippen LogP contribution in [-0.4, -0.2) is 45.3 Å². The number of aryl methyl sites for hydroxylation is 1. The molecule has 2 aromatic rings. The molecule has 1 saturated heterocycles. The Labute approximate surface area is 147 Å². The predicted molar refractivity (Wildman–Crippen MR) is 98.9 cm³/mol. The van der Waals surface area contributed by atoms with Crippen LogP contribution in [0.15, 0.2) is 30.5 Å². The maximum atomic E-state index is 12.4. The Hall–Kier alpha value is -1.95. The highest BCUT2D eigenvalue weighted by molar-refractivity contribution is 7.99. The van der Waals surface area contributed by atoms with Gasteiger partial charge in [-0.25, -0.2) is 9.48 Å². The zero-order valence-corrected chi connectivity index (χ0v) is 15.3. The van der Waals surface area contributed by atoms with Crippen LogP contribution in [0.25, 0.3) is 5.69 Å². The van der Waals surface area contributed by atoms with E-state index in [1.807, 2.05) is 41.4 Å². The van der Waals surface area contributed by atoms with E-state index < -0.39 is 0 Å².